The standard InChI is InChI=1S/C18H23BrN4O/c1-22-18(24)17(19)16(12-21-22)20-11-15-9-5-6-10-23(15)13-14-7-3-2-4-8-14/h2-4,7-8,12,15,20H,5-6,9-11,13H2,1H3. The van der Waals surface area contributed by atoms with E-state index in [0.29, 0.717) is 10.5 Å². The highest BCUT2D eigenvalue weighted by molar-refractivity contribution is 9.10. The summed E-state index contributed by atoms with van der Waals surface area (Å²) in [5.74, 6) is 0. The van der Waals surface area contributed by atoms with Gasteiger partial charge in [-0.25, -0.2) is 4.68 Å². The predicted octanol–water partition coefficient (Wildman–Crippen LogP) is 3.01. The van der Waals surface area contributed by atoms with Gasteiger partial charge in [-0.1, -0.05) is 36.8 Å². The number of piperidine rings is 1. The van der Waals surface area contributed by atoms with Gasteiger partial charge in [-0.3, -0.25) is 9.69 Å². The van der Waals surface area contributed by atoms with E-state index < -0.39 is 0 Å². The van der Waals surface area contributed by atoms with E-state index in [1.165, 1.54) is 29.5 Å². The summed E-state index contributed by atoms with van der Waals surface area (Å²) in [5, 5.41) is 7.49. The fraction of sp³-hybridized carbons (Fsp3) is 0.444. The first-order valence-electron chi connectivity index (χ1n) is 8.39. The molecule has 0 amide bonds. The first kappa shape index (κ1) is 17.2. The second-order valence-corrected chi connectivity index (χ2v) is 7.08. The zero-order chi connectivity index (χ0) is 16.9. The van der Waals surface area contributed by atoms with Crippen molar-refractivity contribution in [2.45, 2.75) is 31.8 Å². The highest BCUT2D eigenvalue weighted by Crippen LogP contribution is 2.22. The zero-order valence-electron chi connectivity index (χ0n) is 13.9. The lowest BCUT2D eigenvalue weighted by atomic mass is 10.0. The molecule has 24 heavy (non-hydrogen) atoms. The van der Waals surface area contributed by atoms with Gasteiger partial charge in [0.1, 0.15) is 4.47 Å². The number of aryl methyl sites for hydroxylation is 1. The number of nitrogens with one attached hydrogen (secondary N) is 1. The van der Waals surface area contributed by atoms with Crippen molar-refractivity contribution in [3.05, 3.63) is 56.9 Å². The van der Waals surface area contributed by atoms with Crippen molar-refractivity contribution in [3.63, 3.8) is 0 Å². The average molecular weight is 391 g/mol. The molecule has 1 aromatic heterocycles. The number of anilines is 1. The Hall–Kier alpha value is -1.66. The lowest BCUT2D eigenvalue weighted by Crippen LogP contribution is -2.43. The highest BCUT2D eigenvalue weighted by atomic mass is 79.9. The molecule has 128 valence electrons. The fourth-order valence-corrected chi connectivity index (χ4v) is 3.68. The maximum absolute atomic E-state index is 11.9. The van der Waals surface area contributed by atoms with Crippen LogP contribution in [0.4, 0.5) is 5.69 Å². The molecule has 0 spiro atoms. The molecule has 5 nitrogen and oxygen atoms in total. The molecule has 0 saturated carbocycles. The molecule has 0 bridgehead atoms. The number of hydrogen-bond acceptors (Lipinski definition) is 4. The molecule has 1 aliphatic rings. The summed E-state index contributed by atoms with van der Waals surface area (Å²) in [7, 11) is 1.65. The second-order valence-electron chi connectivity index (χ2n) is 6.29. The third-order valence-corrected chi connectivity index (χ3v) is 5.35. The summed E-state index contributed by atoms with van der Waals surface area (Å²) in [6.07, 6.45) is 5.39. The topological polar surface area (TPSA) is 50.2 Å². The molecule has 1 aromatic carbocycles. The number of aromatic nitrogens is 2. The lowest BCUT2D eigenvalue weighted by Gasteiger charge is -2.36. The Bertz CT molecular complexity index is 732. The Balaban J connectivity index is 1.66. The molecule has 0 aliphatic carbocycles. The van der Waals surface area contributed by atoms with E-state index in [1.807, 2.05) is 0 Å². The van der Waals surface area contributed by atoms with Crippen LogP contribution in [0.3, 0.4) is 0 Å². The van der Waals surface area contributed by atoms with Crippen LogP contribution in [0.1, 0.15) is 24.8 Å². The Kier molecular flexibility index (Phi) is 5.68. The maximum Gasteiger partial charge on any atom is 0.282 e. The van der Waals surface area contributed by atoms with Crippen LogP contribution in [-0.4, -0.2) is 33.8 Å². The van der Waals surface area contributed by atoms with Gasteiger partial charge in [0.15, 0.2) is 0 Å². The minimum absolute atomic E-state index is 0.121. The molecular formula is C18H23BrN4O. The van der Waals surface area contributed by atoms with Gasteiger partial charge in [0, 0.05) is 26.2 Å². The van der Waals surface area contributed by atoms with Gasteiger partial charge in [-0.05, 0) is 40.9 Å². The van der Waals surface area contributed by atoms with Gasteiger partial charge in [0.05, 0.1) is 11.9 Å². The van der Waals surface area contributed by atoms with E-state index in [9.17, 15) is 4.79 Å². The number of likely N-dealkylation sites (tertiary alicyclic amines) is 1. The van der Waals surface area contributed by atoms with E-state index in [4.69, 9.17) is 0 Å². The van der Waals surface area contributed by atoms with Crippen LogP contribution in [0.25, 0.3) is 0 Å². The highest BCUT2D eigenvalue weighted by Gasteiger charge is 2.22. The normalized spacial score (nSPS) is 18.5. The van der Waals surface area contributed by atoms with Gasteiger partial charge in [-0.2, -0.15) is 5.10 Å². The van der Waals surface area contributed by atoms with Crippen LogP contribution < -0.4 is 10.9 Å². The summed E-state index contributed by atoms with van der Waals surface area (Å²) in [5.41, 5.74) is 1.99. The van der Waals surface area contributed by atoms with Gasteiger partial charge in [0.25, 0.3) is 5.56 Å². The van der Waals surface area contributed by atoms with E-state index in [2.05, 4.69) is 61.6 Å². The third-order valence-electron chi connectivity index (χ3n) is 4.58. The Morgan fingerprint density at radius 3 is 2.88 bits per heavy atom. The van der Waals surface area contributed by atoms with Crippen molar-refractivity contribution in [2.24, 2.45) is 7.05 Å². The molecule has 3 rings (SSSR count). The SMILES string of the molecule is Cn1ncc(NCC2CCCCN2Cc2ccccc2)c(Br)c1=O. The number of hydrogen-bond donors (Lipinski definition) is 1. The summed E-state index contributed by atoms with van der Waals surface area (Å²) < 4.78 is 1.88. The molecular weight excluding hydrogens is 368 g/mol. The Morgan fingerprint density at radius 1 is 1.29 bits per heavy atom. The summed E-state index contributed by atoms with van der Waals surface area (Å²) in [4.78, 5) is 14.5. The van der Waals surface area contributed by atoms with Crippen molar-refractivity contribution in [2.75, 3.05) is 18.4 Å². The number of halogens is 1. The van der Waals surface area contributed by atoms with Gasteiger partial charge in [-0.15, -0.1) is 0 Å². The smallest absolute Gasteiger partial charge is 0.282 e. The van der Waals surface area contributed by atoms with Gasteiger partial charge >= 0.3 is 0 Å². The molecule has 2 aromatic rings. The van der Waals surface area contributed by atoms with Crippen molar-refractivity contribution < 1.29 is 0 Å². The molecule has 1 atom stereocenters. The van der Waals surface area contributed by atoms with Gasteiger partial charge < -0.3 is 5.32 Å². The van der Waals surface area contributed by atoms with Crippen LogP contribution in [0.5, 0.6) is 0 Å². The molecule has 2 heterocycles. The second kappa shape index (κ2) is 7.94. The van der Waals surface area contributed by atoms with Crippen LogP contribution in [-0.2, 0) is 13.6 Å². The molecule has 1 unspecified atom stereocenters. The van der Waals surface area contributed by atoms with Crippen molar-refractivity contribution in [3.8, 4) is 0 Å². The summed E-state index contributed by atoms with van der Waals surface area (Å²) in [6, 6.07) is 11.1. The first-order valence-corrected chi connectivity index (χ1v) is 9.18. The number of benzene rings is 1. The molecule has 1 aliphatic heterocycles. The van der Waals surface area contributed by atoms with Crippen molar-refractivity contribution in [1.29, 1.82) is 0 Å². The summed E-state index contributed by atoms with van der Waals surface area (Å²) in [6.45, 7) is 2.92. The monoisotopic (exact) mass is 390 g/mol. The summed E-state index contributed by atoms with van der Waals surface area (Å²) >= 11 is 3.38. The third kappa shape index (κ3) is 4.05. The quantitative estimate of drug-likeness (QED) is 0.852. The van der Waals surface area contributed by atoms with Crippen molar-refractivity contribution >= 4 is 21.6 Å². The molecule has 0 radical (unpaired) electrons. The van der Waals surface area contributed by atoms with Crippen LogP contribution >= 0.6 is 15.9 Å². The zero-order valence-corrected chi connectivity index (χ0v) is 15.5. The largest absolute Gasteiger partial charge is 0.381 e. The number of nitrogens with zero attached hydrogens (tertiary/aromatic N) is 3. The minimum Gasteiger partial charge on any atom is -0.381 e. The Labute approximate surface area is 150 Å². The number of rotatable bonds is 5. The molecule has 6 heteroatoms. The van der Waals surface area contributed by atoms with Crippen molar-refractivity contribution in [1.82, 2.24) is 14.7 Å². The lowest BCUT2D eigenvalue weighted by molar-refractivity contribution is 0.148. The maximum atomic E-state index is 11.9. The van der Waals surface area contributed by atoms with Gasteiger partial charge in [0.2, 0.25) is 0 Å². The van der Waals surface area contributed by atoms with E-state index in [0.717, 1.165) is 25.3 Å². The first-order chi connectivity index (χ1) is 11.6. The van der Waals surface area contributed by atoms with Crippen LogP contribution in [0.2, 0.25) is 0 Å². The van der Waals surface area contributed by atoms with E-state index in [-0.39, 0.29) is 5.56 Å². The molecule has 1 N–H and O–H groups in total. The average Bonchev–Trinajstić information content (AvgIpc) is 2.61. The molecule has 1 saturated heterocycles. The Morgan fingerprint density at radius 2 is 2.08 bits per heavy atom. The van der Waals surface area contributed by atoms with E-state index >= 15 is 0 Å². The molecule has 1 fully saturated rings. The predicted molar refractivity (Wildman–Crippen MR) is 100 cm³/mol. The van der Waals surface area contributed by atoms with E-state index in [1.54, 1.807) is 13.2 Å². The van der Waals surface area contributed by atoms with Crippen LogP contribution in [0.15, 0.2) is 45.8 Å². The van der Waals surface area contributed by atoms with Crippen LogP contribution in [0, 0.1) is 0 Å². The fourth-order valence-electron chi connectivity index (χ4n) is 3.18. The minimum atomic E-state index is -0.121.